The van der Waals surface area contributed by atoms with Crippen LogP contribution in [0.3, 0.4) is 0 Å². The minimum absolute atomic E-state index is 0.445. The zero-order valence-electron chi connectivity index (χ0n) is 12.8. The van der Waals surface area contributed by atoms with Gasteiger partial charge in [0.25, 0.3) is 0 Å². The molecule has 3 heteroatoms. The van der Waals surface area contributed by atoms with Gasteiger partial charge >= 0.3 is 0 Å². The van der Waals surface area contributed by atoms with E-state index in [0.717, 1.165) is 13.2 Å². The summed E-state index contributed by atoms with van der Waals surface area (Å²) in [5, 5.41) is 3.83. The summed E-state index contributed by atoms with van der Waals surface area (Å²) in [5.41, 5.74) is 0.445. The fourth-order valence-electron chi connectivity index (χ4n) is 4.15. The van der Waals surface area contributed by atoms with Crippen LogP contribution in [0.5, 0.6) is 0 Å². The lowest BCUT2D eigenvalue weighted by atomic mass is 9.55. The van der Waals surface area contributed by atoms with Gasteiger partial charge in [0.05, 0.1) is 6.10 Å². The molecular formula is C17H27NOS. The highest BCUT2D eigenvalue weighted by Crippen LogP contribution is 2.53. The second-order valence-corrected chi connectivity index (χ2v) is 7.79. The summed E-state index contributed by atoms with van der Waals surface area (Å²) in [6, 6.07) is 5.16. The lowest BCUT2D eigenvalue weighted by Crippen LogP contribution is -2.64. The molecule has 1 aromatic rings. The molecule has 2 saturated carbocycles. The van der Waals surface area contributed by atoms with Crippen molar-refractivity contribution in [3.05, 3.63) is 21.9 Å². The third kappa shape index (κ3) is 2.68. The van der Waals surface area contributed by atoms with E-state index in [0.29, 0.717) is 17.6 Å². The van der Waals surface area contributed by atoms with E-state index < -0.39 is 0 Å². The van der Waals surface area contributed by atoms with Gasteiger partial charge in [-0.25, -0.2) is 0 Å². The smallest absolute Gasteiger partial charge is 0.0661 e. The topological polar surface area (TPSA) is 21.3 Å². The predicted octanol–water partition coefficient (Wildman–Crippen LogP) is 4.27. The Hall–Kier alpha value is -0.380. The maximum absolute atomic E-state index is 6.02. The Morgan fingerprint density at radius 3 is 2.75 bits per heavy atom. The second kappa shape index (κ2) is 6.17. The highest BCUT2D eigenvalue weighted by molar-refractivity contribution is 7.11. The largest absolute Gasteiger partial charge is 0.378 e. The molecule has 2 aliphatic carbocycles. The average Bonchev–Trinajstić information content (AvgIpc) is 2.88. The van der Waals surface area contributed by atoms with Crippen molar-refractivity contribution in [1.29, 1.82) is 0 Å². The third-order valence-corrected chi connectivity index (χ3v) is 6.26. The highest BCUT2D eigenvalue weighted by atomic mass is 32.1. The van der Waals surface area contributed by atoms with Crippen LogP contribution in [0.2, 0.25) is 0 Å². The molecule has 0 aliphatic heterocycles. The molecule has 0 radical (unpaired) electrons. The molecule has 2 atom stereocenters. The minimum Gasteiger partial charge on any atom is -0.378 e. The maximum atomic E-state index is 6.02. The summed E-state index contributed by atoms with van der Waals surface area (Å²) in [7, 11) is 0. The molecule has 112 valence electrons. The third-order valence-electron chi connectivity index (χ3n) is 5.26. The quantitative estimate of drug-likeness (QED) is 0.875. The van der Waals surface area contributed by atoms with Gasteiger partial charge in [-0.2, -0.15) is 0 Å². The number of hydrogen-bond donors (Lipinski definition) is 1. The van der Waals surface area contributed by atoms with Crippen LogP contribution in [0.25, 0.3) is 0 Å². The lowest BCUT2D eigenvalue weighted by molar-refractivity contribution is -0.150. The van der Waals surface area contributed by atoms with E-state index in [1.807, 2.05) is 11.3 Å². The van der Waals surface area contributed by atoms with Crippen LogP contribution in [-0.4, -0.2) is 18.8 Å². The molecule has 3 rings (SSSR count). The van der Waals surface area contributed by atoms with Crippen LogP contribution >= 0.6 is 11.3 Å². The fourth-order valence-corrected chi connectivity index (χ4v) is 4.99. The van der Waals surface area contributed by atoms with Crippen LogP contribution < -0.4 is 5.32 Å². The Morgan fingerprint density at radius 2 is 2.10 bits per heavy atom. The second-order valence-electron chi connectivity index (χ2n) is 6.42. The SMILES string of the molecule is CCOC1CC(NCc2ccc(C)s2)C12CCCCC2. The van der Waals surface area contributed by atoms with Gasteiger partial charge in [-0.05, 0) is 45.2 Å². The molecule has 1 aromatic heterocycles. The molecule has 2 fully saturated rings. The maximum Gasteiger partial charge on any atom is 0.0661 e. The summed E-state index contributed by atoms with van der Waals surface area (Å²) < 4.78 is 6.02. The van der Waals surface area contributed by atoms with Gasteiger partial charge in [0.2, 0.25) is 0 Å². The number of hydrogen-bond acceptors (Lipinski definition) is 3. The number of rotatable bonds is 5. The van der Waals surface area contributed by atoms with E-state index in [1.54, 1.807) is 0 Å². The molecule has 2 unspecified atom stereocenters. The Balaban J connectivity index is 1.61. The number of ether oxygens (including phenoxy) is 1. The van der Waals surface area contributed by atoms with Gasteiger partial charge < -0.3 is 10.1 Å². The van der Waals surface area contributed by atoms with Crippen LogP contribution in [0.1, 0.15) is 55.2 Å². The Bertz CT molecular complexity index is 436. The molecule has 20 heavy (non-hydrogen) atoms. The predicted molar refractivity (Wildman–Crippen MR) is 85.2 cm³/mol. The Kier molecular flexibility index (Phi) is 4.49. The number of aryl methyl sites for hydroxylation is 1. The molecule has 1 spiro atoms. The highest BCUT2D eigenvalue weighted by Gasteiger charge is 2.55. The monoisotopic (exact) mass is 293 g/mol. The van der Waals surface area contributed by atoms with E-state index >= 15 is 0 Å². The number of nitrogens with one attached hydrogen (secondary N) is 1. The van der Waals surface area contributed by atoms with Crippen LogP contribution in [0.4, 0.5) is 0 Å². The molecule has 1 heterocycles. The standard InChI is InChI=1S/C17H27NOS/c1-3-19-16-11-15(17(16)9-5-4-6-10-17)18-12-14-8-7-13(2)20-14/h7-8,15-16,18H,3-6,9-12H2,1-2H3. The molecule has 2 aliphatic rings. The summed E-state index contributed by atoms with van der Waals surface area (Å²) in [4.78, 5) is 2.88. The average molecular weight is 293 g/mol. The normalized spacial score (nSPS) is 28.5. The van der Waals surface area contributed by atoms with Gasteiger partial charge in [-0.15, -0.1) is 11.3 Å². The van der Waals surface area contributed by atoms with Crippen molar-refractivity contribution in [2.75, 3.05) is 6.61 Å². The van der Waals surface area contributed by atoms with Crippen molar-refractivity contribution in [3.63, 3.8) is 0 Å². The first kappa shape index (κ1) is 14.6. The minimum atomic E-state index is 0.445. The first-order valence-electron chi connectivity index (χ1n) is 8.15. The molecule has 0 amide bonds. The van der Waals surface area contributed by atoms with E-state index in [1.165, 1.54) is 48.3 Å². The van der Waals surface area contributed by atoms with E-state index in [2.05, 4.69) is 31.3 Å². The zero-order valence-corrected chi connectivity index (χ0v) is 13.6. The van der Waals surface area contributed by atoms with Crippen molar-refractivity contribution < 1.29 is 4.74 Å². The lowest BCUT2D eigenvalue weighted by Gasteiger charge is -2.58. The Morgan fingerprint density at radius 1 is 1.30 bits per heavy atom. The summed E-state index contributed by atoms with van der Waals surface area (Å²) in [5.74, 6) is 0. The molecule has 2 nitrogen and oxygen atoms in total. The van der Waals surface area contributed by atoms with Crippen LogP contribution in [-0.2, 0) is 11.3 Å². The summed E-state index contributed by atoms with van der Waals surface area (Å²) in [6.45, 7) is 6.21. The first-order valence-corrected chi connectivity index (χ1v) is 8.96. The number of thiophene rings is 1. The first-order chi connectivity index (χ1) is 9.74. The van der Waals surface area contributed by atoms with E-state index in [4.69, 9.17) is 4.74 Å². The Labute approximate surface area is 126 Å². The zero-order chi connectivity index (χ0) is 14.0. The van der Waals surface area contributed by atoms with Gasteiger partial charge in [-0.1, -0.05) is 19.3 Å². The van der Waals surface area contributed by atoms with Crippen molar-refractivity contribution >= 4 is 11.3 Å². The molecular weight excluding hydrogens is 266 g/mol. The molecule has 0 aromatic carbocycles. The van der Waals surface area contributed by atoms with Crippen molar-refractivity contribution in [2.45, 2.75) is 71.1 Å². The molecule has 0 saturated heterocycles. The van der Waals surface area contributed by atoms with Crippen molar-refractivity contribution in [3.8, 4) is 0 Å². The molecule has 0 bridgehead atoms. The van der Waals surface area contributed by atoms with Gasteiger partial charge in [0.15, 0.2) is 0 Å². The summed E-state index contributed by atoms with van der Waals surface area (Å²) >= 11 is 1.92. The van der Waals surface area contributed by atoms with Crippen molar-refractivity contribution in [2.24, 2.45) is 5.41 Å². The van der Waals surface area contributed by atoms with E-state index in [-0.39, 0.29) is 0 Å². The summed E-state index contributed by atoms with van der Waals surface area (Å²) in [6.07, 6.45) is 8.63. The van der Waals surface area contributed by atoms with Crippen LogP contribution in [0, 0.1) is 12.3 Å². The fraction of sp³-hybridized carbons (Fsp3) is 0.765. The van der Waals surface area contributed by atoms with Gasteiger partial charge in [0, 0.05) is 34.4 Å². The van der Waals surface area contributed by atoms with Crippen molar-refractivity contribution in [1.82, 2.24) is 5.32 Å². The van der Waals surface area contributed by atoms with E-state index in [9.17, 15) is 0 Å². The van der Waals surface area contributed by atoms with Gasteiger partial charge in [-0.3, -0.25) is 0 Å². The van der Waals surface area contributed by atoms with Gasteiger partial charge in [0.1, 0.15) is 0 Å². The molecule has 1 N–H and O–H groups in total. The van der Waals surface area contributed by atoms with Crippen LogP contribution in [0.15, 0.2) is 12.1 Å².